The van der Waals surface area contributed by atoms with Crippen LogP contribution in [0.2, 0.25) is 0 Å². The van der Waals surface area contributed by atoms with Crippen LogP contribution in [0.4, 0.5) is 0 Å². The number of thiophene rings is 1. The van der Waals surface area contributed by atoms with Gasteiger partial charge in [-0.1, -0.05) is 25.3 Å². The zero-order valence-corrected chi connectivity index (χ0v) is 15.2. The lowest BCUT2D eigenvalue weighted by molar-refractivity contribution is -0.128. The molecule has 4 nitrogen and oxygen atoms in total. The van der Waals surface area contributed by atoms with Gasteiger partial charge in [0.25, 0.3) is 0 Å². The molecule has 1 amide bonds. The second-order valence-electron chi connectivity index (χ2n) is 7.29. The summed E-state index contributed by atoms with van der Waals surface area (Å²) in [5.74, 6) is 0.165. The molecule has 2 aromatic heterocycles. The summed E-state index contributed by atoms with van der Waals surface area (Å²) in [6.45, 7) is 0. The first-order chi connectivity index (χ1) is 12.2. The molecule has 0 saturated heterocycles. The summed E-state index contributed by atoms with van der Waals surface area (Å²) in [6, 6.07) is 7.62. The monoisotopic (exact) mass is 356 g/mol. The molecule has 2 N–H and O–H groups in total. The number of aryl methyl sites for hydroxylation is 1. The van der Waals surface area contributed by atoms with Crippen molar-refractivity contribution >= 4 is 17.2 Å². The maximum Gasteiger partial charge on any atom is 0.248 e. The highest BCUT2D eigenvalue weighted by Crippen LogP contribution is 2.42. The lowest BCUT2D eigenvalue weighted by atomic mass is 9.72. The molecule has 0 aromatic carbocycles. The van der Waals surface area contributed by atoms with Gasteiger partial charge in [0, 0.05) is 16.6 Å². The summed E-state index contributed by atoms with van der Waals surface area (Å²) in [5, 5.41) is 5.41. The van der Waals surface area contributed by atoms with Crippen molar-refractivity contribution in [1.29, 1.82) is 0 Å². The highest BCUT2D eigenvalue weighted by atomic mass is 32.1. The van der Waals surface area contributed by atoms with Crippen LogP contribution in [-0.4, -0.2) is 10.9 Å². The highest BCUT2D eigenvalue weighted by molar-refractivity contribution is 7.10. The molecular formula is C20H24N2O2S. The molecule has 2 aromatic rings. The molecule has 2 heterocycles. The quantitative estimate of drug-likeness (QED) is 0.878. The molecule has 4 rings (SSSR count). The van der Waals surface area contributed by atoms with E-state index in [9.17, 15) is 9.59 Å². The zero-order chi connectivity index (χ0) is 17.3. The van der Waals surface area contributed by atoms with Crippen molar-refractivity contribution in [1.82, 2.24) is 10.3 Å². The Balaban J connectivity index is 1.62. The van der Waals surface area contributed by atoms with Crippen molar-refractivity contribution in [2.24, 2.45) is 0 Å². The molecule has 0 radical (unpaired) electrons. The van der Waals surface area contributed by atoms with E-state index in [0.29, 0.717) is 0 Å². The Hall–Kier alpha value is -1.88. The first kappa shape index (κ1) is 16.6. The van der Waals surface area contributed by atoms with E-state index in [1.807, 2.05) is 12.1 Å². The average Bonchev–Trinajstić information content (AvgIpc) is 3.17. The molecule has 132 valence electrons. The molecule has 5 heteroatoms. The Bertz CT molecular complexity index is 803. The van der Waals surface area contributed by atoms with Gasteiger partial charge in [-0.05, 0) is 55.2 Å². The van der Waals surface area contributed by atoms with Crippen LogP contribution in [-0.2, 0) is 16.6 Å². The summed E-state index contributed by atoms with van der Waals surface area (Å²) in [5.41, 5.74) is 1.63. The molecule has 25 heavy (non-hydrogen) atoms. The smallest absolute Gasteiger partial charge is 0.248 e. The Morgan fingerprint density at radius 3 is 2.76 bits per heavy atom. The second-order valence-corrected chi connectivity index (χ2v) is 8.24. The summed E-state index contributed by atoms with van der Waals surface area (Å²) in [6.07, 6.45) is 8.12. The van der Waals surface area contributed by atoms with Crippen molar-refractivity contribution in [2.45, 2.75) is 62.8 Å². The number of H-pyrrole nitrogens is 1. The van der Waals surface area contributed by atoms with Gasteiger partial charge in [0.1, 0.15) is 0 Å². The van der Waals surface area contributed by atoms with E-state index in [2.05, 4.69) is 21.7 Å². The van der Waals surface area contributed by atoms with E-state index in [0.717, 1.165) is 56.2 Å². The molecule has 1 atom stereocenters. The molecule has 1 fully saturated rings. The first-order valence-electron chi connectivity index (χ1n) is 9.26. The molecule has 0 bridgehead atoms. The van der Waals surface area contributed by atoms with Crippen LogP contribution in [0.3, 0.4) is 0 Å². The molecule has 2 aliphatic carbocycles. The molecule has 1 saturated carbocycles. The topological polar surface area (TPSA) is 62.0 Å². The number of fused-ring (bicyclic) bond motifs is 1. The van der Waals surface area contributed by atoms with Crippen LogP contribution in [0.1, 0.15) is 67.1 Å². The van der Waals surface area contributed by atoms with Gasteiger partial charge in [-0.25, -0.2) is 0 Å². The number of carbonyl (C=O) groups is 1. The van der Waals surface area contributed by atoms with Gasteiger partial charge in [0.2, 0.25) is 11.5 Å². The van der Waals surface area contributed by atoms with Gasteiger partial charge in [-0.3, -0.25) is 9.59 Å². The van der Waals surface area contributed by atoms with Crippen LogP contribution in [0.25, 0.3) is 0 Å². The van der Waals surface area contributed by atoms with Crippen LogP contribution in [0.5, 0.6) is 0 Å². The predicted molar refractivity (Wildman–Crippen MR) is 100.0 cm³/mol. The first-order valence-corrected chi connectivity index (χ1v) is 10.1. The number of carbonyl (C=O) groups excluding carboxylic acids is 1. The van der Waals surface area contributed by atoms with Gasteiger partial charge in [0.15, 0.2) is 0 Å². The Morgan fingerprint density at radius 2 is 2.00 bits per heavy atom. The molecule has 1 unspecified atom stereocenters. The Labute approximate surface area is 151 Å². The number of nitrogens with one attached hydrogen (secondary N) is 2. The van der Waals surface area contributed by atoms with E-state index >= 15 is 0 Å². The van der Waals surface area contributed by atoms with Crippen molar-refractivity contribution < 1.29 is 4.79 Å². The number of amides is 1. The van der Waals surface area contributed by atoms with E-state index in [4.69, 9.17) is 0 Å². The summed E-state index contributed by atoms with van der Waals surface area (Å²) in [7, 11) is 0. The van der Waals surface area contributed by atoms with E-state index < -0.39 is 0 Å². The van der Waals surface area contributed by atoms with Gasteiger partial charge in [-0.2, -0.15) is 0 Å². The minimum Gasteiger partial charge on any atom is -0.348 e. The second kappa shape index (κ2) is 6.79. The number of hydrogen-bond acceptors (Lipinski definition) is 3. The average molecular weight is 356 g/mol. The number of hydrogen-bond donors (Lipinski definition) is 2. The fraction of sp³-hybridized carbons (Fsp3) is 0.500. The van der Waals surface area contributed by atoms with Gasteiger partial charge in [-0.15, -0.1) is 11.3 Å². The molecule has 0 aliphatic heterocycles. The maximum atomic E-state index is 13.4. The summed E-state index contributed by atoms with van der Waals surface area (Å²) in [4.78, 5) is 29.1. The minimum atomic E-state index is -0.369. The van der Waals surface area contributed by atoms with Crippen LogP contribution < -0.4 is 10.9 Å². The number of aromatic nitrogens is 1. The predicted octanol–water partition coefficient (Wildman–Crippen LogP) is 3.83. The largest absolute Gasteiger partial charge is 0.348 e. The lowest BCUT2D eigenvalue weighted by Gasteiger charge is -2.37. The lowest BCUT2D eigenvalue weighted by Crippen LogP contribution is -2.47. The number of rotatable bonds is 3. The van der Waals surface area contributed by atoms with Gasteiger partial charge in [0.05, 0.1) is 11.5 Å². The van der Waals surface area contributed by atoms with E-state index in [1.165, 1.54) is 11.3 Å². The van der Waals surface area contributed by atoms with Crippen molar-refractivity contribution in [2.75, 3.05) is 0 Å². The third kappa shape index (κ3) is 3.06. The SMILES string of the molecule is O=C(NC1CCCc2[nH]c(=O)ccc21)C1(c2cccs2)CCCCC1. The Morgan fingerprint density at radius 1 is 1.16 bits per heavy atom. The van der Waals surface area contributed by atoms with Crippen LogP contribution in [0, 0.1) is 0 Å². The van der Waals surface area contributed by atoms with Gasteiger partial charge >= 0.3 is 0 Å². The highest BCUT2D eigenvalue weighted by Gasteiger charge is 2.43. The Kier molecular flexibility index (Phi) is 4.50. The van der Waals surface area contributed by atoms with Crippen molar-refractivity contribution in [3.05, 3.63) is 56.1 Å². The van der Waals surface area contributed by atoms with E-state index in [1.54, 1.807) is 17.4 Å². The minimum absolute atomic E-state index is 0.00636. The fourth-order valence-corrected chi connectivity index (χ4v) is 5.42. The van der Waals surface area contributed by atoms with Gasteiger partial charge < -0.3 is 10.3 Å². The maximum absolute atomic E-state index is 13.4. The standard InChI is InChI=1S/C20H24N2O2S/c23-18-10-9-14-15(21-18)6-4-7-16(14)22-19(24)20(11-2-1-3-12-20)17-8-5-13-25-17/h5,8-10,13,16H,1-4,6-7,11-12H2,(H,21,23)(H,22,24). The number of aromatic amines is 1. The normalized spacial score (nSPS) is 22.2. The third-order valence-electron chi connectivity index (χ3n) is 5.77. The summed E-state index contributed by atoms with van der Waals surface area (Å²) >= 11 is 1.70. The molecule has 2 aliphatic rings. The van der Waals surface area contributed by atoms with Crippen molar-refractivity contribution in [3.63, 3.8) is 0 Å². The van der Waals surface area contributed by atoms with Crippen molar-refractivity contribution in [3.8, 4) is 0 Å². The van der Waals surface area contributed by atoms with Crippen LogP contribution >= 0.6 is 11.3 Å². The van der Waals surface area contributed by atoms with Crippen LogP contribution in [0.15, 0.2) is 34.4 Å². The zero-order valence-electron chi connectivity index (χ0n) is 14.3. The fourth-order valence-electron chi connectivity index (χ4n) is 4.44. The third-order valence-corrected chi connectivity index (χ3v) is 6.85. The summed E-state index contributed by atoms with van der Waals surface area (Å²) < 4.78 is 0. The molecular weight excluding hydrogens is 332 g/mol. The molecule has 0 spiro atoms. The van der Waals surface area contributed by atoms with E-state index in [-0.39, 0.29) is 22.9 Å². The number of pyridine rings is 1.